The van der Waals surface area contributed by atoms with E-state index < -0.39 is 9.93 Å². The first-order valence-corrected chi connectivity index (χ1v) is 9.21. The van der Waals surface area contributed by atoms with Crippen molar-refractivity contribution < 1.29 is 14.3 Å². The van der Waals surface area contributed by atoms with Gasteiger partial charge in [0, 0.05) is 5.92 Å². The highest BCUT2D eigenvalue weighted by Gasteiger charge is 2.52. The minimum atomic E-state index is -1.03. The van der Waals surface area contributed by atoms with Crippen LogP contribution < -0.4 is 4.74 Å². The SMILES string of the molecule is CC(C)CCCOC(=O)C(C)(C)Oc1ccc(C2CC2(Cl)Cl)cc1. The summed E-state index contributed by atoms with van der Waals surface area (Å²) in [5, 5.41) is 0. The second-order valence-corrected chi connectivity index (χ2v) is 8.91. The van der Waals surface area contributed by atoms with Gasteiger partial charge in [-0.15, -0.1) is 23.2 Å². The molecule has 0 N–H and O–H groups in total. The minimum absolute atomic E-state index is 0.175. The summed E-state index contributed by atoms with van der Waals surface area (Å²) in [5.74, 6) is 1.06. The van der Waals surface area contributed by atoms with Crippen LogP contribution in [0, 0.1) is 5.92 Å². The lowest BCUT2D eigenvalue weighted by Gasteiger charge is -2.24. The molecular formula is C19H26Cl2O3. The highest BCUT2D eigenvalue weighted by atomic mass is 35.5. The third-order valence-electron chi connectivity index (χ3n) is 4.13. The van der Waals surface area contributed by atoms with E-state index in [2.05, 4.69) is 13.8 Å². The van der Waals surface area contributed by atoms with Gasteiger partial charge in [-0.05, 0) is 56.7 Å². The van der Waals surface area contributed by atoms with Gasteiger partial charge in [-0.25, -0.2) is 4.79 Å². The highest BCUT2D eigenvalue weighted by Crippen LogP contribution is 2.59. The first-order chi connectivity index (χ1) is 11.1. The topological polar surface area (TPSA) is 35.5 Å². The van der Waals surface area contributed by atoms with Crippen molar-refractivity contribution in [3.05, 3.63) is 29.8 Å². The van der Waals surface area contributed by atoms with E-state index in [-0.39, 0.29) is 11.9 Å². The van der Waals surface area contributed by atoms with E-state index in [1.807, 2.05) is 24.3 Å². The van der Waals surface area contributed by atoms with Gasteiger partial charge in [0.25, 0.3) is 0 Å². The maximum Gasteiger partial charge on any atom is 0.349 e. The smallest absolute Gasteiger partial charge is 0.349 e. The van der Waals surface area contributed by atoms with Crippen LogP contribution in [0.1, 0.15) is 58.4 Å². The van der Waals surface area contributed by atoms with E-state index in [4.69, 9.17) is 32.7 Å². The van der Waals surface area contributed by atoms with Gasteiger partial charge in [0.1, 0.15) is 10.1 Å². The van der Waals surface area contributed by atoms with Crippen LogP contribution in [0.3, 0.4) is 0 Å². The fourth-order valence-electron chi connectivity index (χ4n) is 2.51. The zero-order chi connectivity index (χ0) is 18.0. The summed E-state index contributed by atoms with van der Waals surface area (Å²) in [7, 11) is 0. The second-order valence-electron chi connectivity index (χ2n) is 7.37. The molecule has 0 heterocycles. The van der Waals surface area contributed by atoms with Crippen LogP contribution in [0.2, 0.25) is 0 Å². The molecule has 0 radical (unpaired) electrons. The Morgan fingerprint density at radius 3 is 2.38 bits per heavy atom. The van der Waals surface area contributed by atoms with Gasteiger partial charge < -0.3 is 9.47 Å². The van der Waals surface area contributed by atoms with Gasteiger partial charge in [-0.1, -0.05) is 26.0 Å². The predicted octanol–water partition coefficient (Wildman–Crippen LogP) is 5.48. The number of benzene rings is 1. The third kappa shape index (κ3) is 5.29. The van der Waals surface area contributed by atoms with Crippen molar-refractivity contribution in [3.63, 3.8) is 0 Å². The molecule has 1 saturated carbocycles. The molecule has 134 valence electrons. The monoisotopic (exact) mass is 372 g/mol. The van der Waals surface area contributed by atoms with Crippen molar-refractivity contribution in [2.45, 2.75) is 62.8 Å². The van der Waals surface area contributed by atoms with Crippen LogP contribution in [0.25, 0.3) is 0 Å². The van der Waals surface area contributed by atoms with Gasteiger partial charge in [0.15, 0.2) is 5.60 Å². The van der Waals surface area contributed by atoms with Gasteiger partial charge in [0.05, 0.1) is 6.61 Å². The van der Waals surface area contributed by atoms with Crippen molar-refractivity contribution in [2.24, 2.45) is 5.92 Å². The molecule has 1 aromatic rings. The van der Waals surface area contributed by atoms with Gasteiger partial charge in [-0.2, -0.15) is 0 Å². The molecule has 24 heavy (non-hydrogen) atoms. The van der Waals surface area contributed by atoms with E-state index in [1.54, 1.807) is 13.8 Å². The summed E-state index contributed by atoms with van der Waals surface area (Å²) in [6.07, 6.45) is 2.68. The number of carbonyl (C=O) groups excluding carboxylic acids is 1. The number of rotatable bonds is 8. The Kier molecular flexibility index (Phi) is 6.09. The van der Waals surface area contributed by atoms with E-state index >= 15 is 0 Å². The number of esters is 1. The molecule has 3 nitrogen and oxygen atoms in total. The summed E-state index contributed by atoms with van der Waals surface area (Å²) < 4.78 is 10.5. The molecule has 1 atom stereocenters. The fraction of sp³-hybridized carbons (Fsp3) is 0.632. The van der Waals surface area contributed by atoms with Crippen LogP contribution in [0.5, 0.6) is 5.75 Å². The maximum absolute atomic E-state index is 12.2. The molecule has 0 spiro atoms. The average Bonchev–Trinajstić information content (AvgIpc) is 3.12. The molecule has 0 aliphatic heterocycles. The summed E-state index contributed by atoms with van der Waals surface area (Å²) in [6, 6.07) is 7.56. The van der Waals surface area contributed by atoms with Crippen molar-refractivity contribution in [2.75, 3.05) is 6.61 Å². The summed E-state index contributed by atoms with van der Waals surface area (Å²) in [5.41, 5.74) is 0.0585. The molecule has 1 aliphatic carbocycles. The molecule has 2 rings (SSSR count). The van der Waals surface area contributed by atoms with E-state index in [9.17, 15) is 4.79 Å². The lowest BCUT2D eigenvalue weighted by Crippen LogP contribution is -2.39. The molecule has 5 heteroatoms. The predicted molar refractivity (Wildman–Crippen MR) is 98.0 cm³/mol. The Morgan fingerprint density at radius 2 is 1.88 bits per heavy atom. The Bertz CT molecular complexity index is 564. The van der Waals surface area contributed by atoms with Crippen LogP contribution in [0.15, 0.2) is 24.3 Å². The maximum atomic E-state index is 12.2. The molecule has 1 aliphatic rings. The first kappa shape index (κ1) is 19.4. The number of alkyl halides is 2. The largest absolute Gasteiger partial charge is 0.476 e. The van der Waals surface area contributed by atoms with Gasteiger partial charge in [-0.3, -0.25) is 0 Å². The molecule has 1 fully saturated rings. The number of halogens is 2. The molecule has 0 amide bonds. The molecule has 0 bridgehead atoms. The van der Waals surface area contributed by atoms with Crippen molar-refractivity contribution in [3.8, 4) is 5.75 Å². The Balaban J connectivity index is 1.85. The first-order valence-electron chi connectivity index (χ1n) is 8.46. The summed E-state index contributed by atoms with van der Waals surface area (Å²) in [4.78, 5) is 12.2. The lowest BCUT2D eigenvalue weighted by atomic mass is 10.1. The zero-order valence-electron chi connectivity index (χ0n) is 14.8. The van der Waals surface area contributed by atoms with E-state index in [1.165, 1.54) is 0 Å². The lowest BCUT2D eigenvalue weighted by molar-refractivity contribution is -0.159. The van der Waals surface area contributed by atoms with Crippen molar-refractivity contribution in [1.29, 1.82) is 0 Å². The van der Waals surface area contributed by atoms with Gasteiger partial charge in [0.2, 0.25) is 0 Å². The zero-order valence-corrected chi connectivity index (χ0v) is 16.3. The Morgan fingerprint density at radius 1 is 1.29 bits per heavy atom. The average molecular weight is 373 g/mol. The number of hydrogen-bond acceptors (Lipinski definition) is 3. The fourth-order valence-corrected chi connectivity index (χ4v) is 3.07. The van der Waals surface area contributed by atoms with Crippen molar-refractivity contribution in [1.82, 2.24) is 0 Å². The molecule has 0 saturated heterocycles. The number of hydrogen-bond donors (Lipinski definition) is 0. The van der Waals surface area contributed by atoms with Crippen LogP contribution in [0.4, 0.5) is 0 Å². The van der Waals surface area contributed by atoms with E-state index in [0.717, 1.165) is 24.8 Å². The molecule has 1 aromatic carbocycles. The summed E-state index contributed by atoms with van der Waals surface area (Å²) >= 11 is 12.2. The number of carbonyl (C=O) groups is 1. The number of ether oxygens (including phenoxy) is 2. The van der Waals surface area contributed by atoms with Gasteiger partial charge >= 0.3 is 5.97 Å². The molecule has 0 aromatic heterocycles. The standard InChI is InChI=1S/C19H26Cl2O3/c1-13(2)6-5-11-23-17(22)18(3,4)24-15-9-7-14(8-10-15)16-12-19(16,20)21/h7-10,13,16H,5-6,11-12H2,1-4H3. The Labute approximate surface area is 154 Å². The van der Waals surface area contributed by atoms with Crippen LogP contribution in [-0.4, -0.2) is 22.5 Å². The Hall–Kier alpha value is -0.930. The van der Waals surface area contributed by atoms with E-state index in [0.29, 0.717) is 18.3 Å². The van der Waals surface area contributed by atoms with Crippen molar-refractivity contribution >= 4 is 29.2 Å². The quantitative estimate of drug-likeness (QED) is 0.344. The van der Waals surface area contributed by atoms with Crippen LogP contribution >= 0.6 is 23.2 Å². The second kappa shape index (κ2) is 7.53. The third-order valence-corrected chi connectivity index (χ3v) is 4.97. The molecular weight excluding hydrogens is 347 g/mol. The highest BCUT2D eigenvalue weighted by molar-refractivity contribution is 6.51. The minimum Gasteiger partial charge on any atom is -0.476 e. The van der Waals surface area contributed by atoms with Crippen LogP contribution in [-0.2, 0) is 9.53 Å². The molecule has 1 unspecified atom stereocenters. The summed E-state index contributed by atoms with van der Waals surface area (Å²) in [6.45, 7) is 8.17. The normalized spacial score (nSPS) is 19.2.